The molecule has 1 aromatic carbocycles. The van der Waals surface area contributed by atoms with E-state index in [0.29, 0.717) is 12.2 Å². The van der Waals surface area contributed by atoms with Gasteiger partial charge in [-0.2, -0.15) is 0 Å². The van der Waals surface area contributed by atoms with E-state index in [0.717, 1.165) is 5.56 Å². The highest BCUT2D eigenvalue weighted by Crippen LogP contribution is 2.20. The highest BCUT2D eigenvalue weighted by molar-refractivity contribution is 5.27. The van der Waals surface area contributed by atoms with Gasteiger partial charge in [0, 0.05) is 12.2 Å². The van der Waals surface area contributed by atoms with Crippen molar-refractivity contribution in [3.05, 3.63) is 35.1 Å². The fourth-order valence-corrected chi connectivity index (χ4v) is 1.54. The topological polar surface area (TPSA) is 35.2 Å². The van der Waals surface area contributed by atoms with E-state index >= 15 is 0 Å². The molecule has 0 saturated carbocycles. The summed E-state index contributed by atoms with van der Waals surface area (Å²) in [5.41, 5.74) is 7.46. The third-order valence-corrected chi connectivity index (χ3v) is 2.45. The van der Waals surface area contributed by atoms with Crippen LogP contribution in [0.4, 0.5) is 4.39 Å². The molecule has 3 heteroatoms. The highest BCUT2D eigenvalue weighted by Gasteiger charge is 2.18. The Balaban J connectivity index is 2.89. The summed E-state index contributed by atoms with van der Waals surface area (Å²) < 4.78 is 18.8. The van der Waals surface area contributed by atoms with Crippen molar-refractivity contribution in [1.29, 1.82) is 0 Å². The highest BCUT2D eigenvalue weighted by atomic mass is 19.1. The number of hydrogen-bond donors (Lipinski definition) is 1. The summed E-state index contributed by atoms with van der Waals surface area (Å²) in [5.74, 6) is -0.264. The second-order valence-corrected chi connectivity index (χ2v) is 3.71. The molecule has 0 bridgehead atoms. The van der Waals surface area contributed by atoms with Crippen LogP contribution >= 0.6 is 0 Å². The third kappa shape index (κ3) is 3.01. The first-order chi connectivity index (χ1) is 7.06. The van der Waals surface area contributed by atoms with Crippen molar-refractivity contribution in [3.63, 3.8) is 0 Å². The largest absolute Gasteiger partial charge is 0.377 e. The van der Waals surface area contributed by atoms with Crippen molar-refractivity contribution in [3.8, 4) is 0 Å². The molecule has 0 radical (unpaired) electrons. The lowest BCUT2D eigenvalue weighted by Crippen LogP contribution is -2.27. The van der Waals surface area contributed by atoms with Crippen LogP contribution in [-0.2, 0) is 4.74 Å². The average molecular weight is 211 g/mol. The maximum atomic E-state index is 13.5. The first-order valence-corrected chi connectivity index (χ1v) is 5.19. The second kappa shape index (κ2) is 5.24. The van der Waals surface area contributed by atoms with Crippen molar-refractivity contribution in [2.24, 2.45) is 5.73 Å². The van der Waals surface area contributed by atoms with Gasteiger partial charge in [0.25, 0.3) is 0 Å². The van der Waals surface area contributed by atoms with Gasteiger partial charge >= 0.3 is 0 Å². The van der Waals surface area contributed by atoms with Gasteiger partial charge in [0.1, 0.15) is 5.82 Å². The Hall–Kier alpha value is -0.930. The molecule has 15 heavy (non-hydrogen) atoms. The predicted molar refractivity (Wildman–Crippen MR) is 59.2 cm³/mol. The summed E-state index contributed by atoms with van der Waals surface area (Å²) in [6, 6.07) is 4.54. The summed E-state index contributed by atoms with van der Waals surface area (Å²) in [6.45, 7) is 6.26. The molecule has 2 atom stereocenters. The van der Waals surface area contributed by atoms with Gasteiger partial charge in [-0.15, -0.1) is 0 Å². The number of aryl methyl sites for hydroxylation is 1. The van der Waals surface area contributed by atoms with Crippen molar-refractivity contribution in [2.45, 2.75) is 32.9 Å². The van der Waals surface area contributed by atoms with Crippen LogP contribution in [0.3, 0.4) is 0 Å². The van der Waals surface area contributed by atoms with Crippen molar-refractivity contribution >= 4 is 0 Å². The molecule has 1 aromatic rings. The Bertz CT molecular complexity index is 327. The lowest BCUT2D eigenvalue weighted by molar-refractivity contribution is 0.0566. The van der Waals surface area contributed by atoms with Crippen molar-refractivity contribution in [1.82, 2.24) is 0 Å². The van der Waals surface area contributed by atoms with Crippen LogP contribution < -0.4 is 5.73 Å². The first-order valence-electron chi connectivity index (χ1n) is 5.19. The Morgan fingerprint density at radius 1 is 1.47 bits per heavy atom. The van der Waals surface area contributed by atoms with Crippen LogP contribution in [0.15, 0.2) is 18.2 Å². The smallest absolute Gasteiger partial charge is 0.128 e. The average Bonchev–Trinajstić information content (AvgIpc) is 2.21. The number of halogens is 1. The van der Waals surface area contributed by atoms with E-state index in [1.807, 2.05) is 20.8 Å². The molecule has 1 rings (SSSR count). The maximum absolute atomic E-state index is 13.5. The van der Waals surface area contributed by atoms with E-state index in [1.54, 1.807) is 12.1 Å². The molecule has 0 aliphatic heterocycles. The minimum atomic E-state index is -0.412. The number of rotatable bonds is 4. The van der Waals surface area contributed by atoms with Gasteiger partial charge in [0.05, 0.1) is 12.1 Å². The van der Waals surface area contributed by atoms with Crippen molar-refractivity contribution < 1.29 is 9.13 Å². The van der Waals surface area contributed by atoms with Crippen LogP contribution in [0, 0.1) is 12.7 Å². The zero-order chi connectivity index (χ0) is 11.4. The Kier molecular flexibility index (Phi) is 4.24. The van der Waals surface area contributed by atoms with Gasteiger partial charge in [-0.1, -0.05) is 17.7 Å². The number of nitrogens with two attached hydrogens (primary N) is 1. The molecule has 0 aliphatic rings. The van der Waals surface area contributed by atoms with Crippen LogP contribution in [-0.4, -0.2) is 12.7 Å². The molecule has 2 N–H and O–H groups in total. The molecule has 0 spiro atoms. The molecule has 0 heterocycles. The zero-order valence-corrected chi connectivity index (χ0v) is 9.46. The fraction of sp³-hybridized carbons (Fsp3) is 0.500. The molecule has 84 valence electrons. The fourth-order valence-electron chi connectivity index (χ4n) is 1.54. The number of ether oxygens (including phenoxy) is 1. The maximum Gasteiger partial charge on any atom is 0.128 e. The van der Waals surface area contributed by atoms with E-state index in [-0.39, 0.29) is 11.9 Å². The first kappa shape index (κ1) is 12.1. The Labute approximate surface area is 90.2 Å². The normalized spacial score (nSPS) is 15.0. The van der Waals surface area contributed by atoms with Crippen LogP contribution in [0.2, 0.25) is 0 Å². The predicted octanol–water partition coefficient (Wildman–Crippen LogP) is 2.56. The standard InChI is InChI=1S/C12H18FNO/c1-4-15-9(3)12(14)10-7-8(2)5-6-11(10)13/h5-7,9,12H,4,14H2,1-3H3. The van der Waals surface area contributed by atoms with Crippen molar-refractivity contribution in [2.75, 3.05) is 6.61 Å². The van der Waals surface area contributed by atoms with Gasteiger partial charge in [-0.3, -0.25) is 0 Å². The molecular formula is C12H18FNO. The van der Waals surface area contributed by atoms with Crippen LogP contribution in [0.5, 0.6) is 0 Å². The number of hydrogen-bond acceptors (Lipinski definition) is 2. The summed E-state index contributed by atoms with van der Waals surface area (Å²) in [4.78, 5) is 0. The molecular weight excluding hydrogens is 193 g/mol. The minimum Gasteiger partial charge on any atom is -0.377 e. The monoisotopic (exact) mass is 211 g/mol. The summed E-state index contributed by atoms with van der Waals surface area (Å²) in [6.07, 6.45) is -0.175. The third-order valence-electron chi connectivity index (χ3n) is 2.45. The second-order valence-electron chi connectivity index (χ2n) is 3.71. The minimum absolute atomic E-state index is 0.175. The van der Waals surface area contributed by atoms with E-state index in [9.17, 15) is 4.39 Å². The Morgan fingerprint density at radius 2 is 2.13 bits per heavy atom. The van der Waals surface area contributed by atoms with Crippen LogP contribution in [0.1, 0.15) is 31.0 Å². The van der Waals surface area contributed by atoms with Crippen LogP contribution in [0.25, 0.3) is 0 Å². The summed E-state index contributed by atoms with van der Waals surface area (Å²) in [7, 11) is 0. The van der Waals surface area contributed by atoms with Gasteiger partial charge < -0.3 is 10.5 Å². The van der Waals surface area contributed by atoms with E-state index in [2.05, 4.69) is 0 Å². The molecule has 2 nitrogen and oxygen atoms in total. The zero-order valence-electron chi connectivity index (χ0n) is 9.46. The molecule has 0 aromatic heterocycles. The quantitative estimate of drug-likeness (QED) is 0.830. The van der Waals surface area contributed by atoms with E-state index < -0.39 is 6.04 Å². The van der Waals surface area contributed by atoms with E-state index in [1.165, 1.54) is 6.07 Å². The molecule has 0 fully saturated rings. The number of benzene rings is 1. The Morgan fingerprint density at radius 3 is 2.73 bits per heavy atom. The molecule has 2 unspecified atom stereocenters. The molecule has 0 saturated heterocycles. The van der Waals surface area contributed by atoms with Gasteiger partial charge in [-0.25, -0.2) is 4.39 Å². The molecule has 0 amide bonds. The summed E-state index contributed by atoms with van der Waals surface area (Å²) in [5, 5.41) is 0. The summed E-state index contributed by atoms with van der Waals surface area (Å²) >= 11 is 0. The van der Waals surface area contributed by atoms with Gasteiger partial charge in [0.15, 0.2) is 0 Å². The lowest BCUT2D eigenvalue weighted by atomic mass is 10.0. The van der Waals surface area contributed by atoms with Gasteiger partial charge in [0.2, 0.25) is 0 Å². The van der Waals surface area contributed by atoms with Gasteiger partial charge in [-0.05, 0) is 26.8 Å². The van der Waals surface area contributed by atoms with E-state index in [4.69, 9.17) is 10.5 Å². The lowest BCUT2D eigenvalue weighted by Gasteiger charge is -2.20. The molecule has 0 aliphatic carbocycles. The SMILES string of the molecule is CCOC(C)C(N)c1cc(C)ccc1F.